The number of ketones is 1. The molecule has 1 aliphatic carbocycles. The van der Waals surface area contributed by atoms with E-state index in [4.69, 9.17) is 19.8 Å². The molecule has 0 bridgehead atoms. The first kappa shape index (κ1) is 19.2. The summed E-state index contributed by atoms with van der Waals surface area (Å²) in [5, 5.41) is 9.16. The molecule has 0 aliphatic heterocycles. The monoisotopic (exact) mass is 370 g/mol. The van der Waals surface area contributed by atoms with E-state index in [1.165, 1.54) is 0 Å². The van der Waals surface area contributed by atoms with E-state index in [2.05, 4.69) is 4.98 Å². The minimum atomic E-state index is -0.0291. The second kappa shape index (κ2) is 8.43. The fourth-order valence-corrected chi connectivity index (χ4v) is 3.36. The number of hydrogen-bond acceptors (Lipinski definition) is 7. The molecule has 2 aromatic heterocycles. The van der Waals surface area contributed by atoms with Gasteiger partial charge in [-0.1, -0.05) is 6.92 Å². The van der Waals surface area contributed by atoms with Crippen molar-refractivity contribution in [3.63, 3.8) is 0 Å². The Bertz CT molecular complexity index is 825. The third kappa shape index (κ3) is 4.42. The molecule has 2 aromatic rings. The number of ether oxygens (including phenoxy) is 1. The van der Waals surface area contributed by atoms with Crippen LogP contribution >= 0.6 is 0 Å². The first-order valence-electron chi connectivity index (χ1n) is 9.25. The Morgan fingerprint density at radius 3 is 2.93 bits per heavy atom. The number of methoxy groups -OCH3 is 1. The van der Waals surface area contributed by atoms with Gasteiger partial charge in [-0.3, -0.25) is 9.78 Å². The number of carbonyl (C=O) groups is 1. The molecular formula is C20H26N4O3. The van der Waals surface area contributed by atoms with Crippen LogP contribution in [0.15, 0.2) is 18.3 Å². The number of pyridine rings is 1. The number of anilines is 1. The lowest BCUT2D eigenvalue weighted by Gasteiger charge is -2.21. The van der Waals surface area contributed by atoms with Crippen molar-refractivity contribution in [2.45, 2.75) is 32.6 Å². The van der Waals surface area contributed by atoms with Crippen molar-refractivity contribution < 1.29 is 14.6 Å². The van der Waals surface area contributed by atoms with Gasteiger partial charge in [0.25, 0.3) is 0 Å². The molecule has 0 saturated heterocycles. The van der Waals surface area contributed by atoms with Crippen LogP contribution in [0.4, 0.5) is 5.82 Å². The molecule has 27 heavy (non-hydrogen) atoms. The summed E-state index contributed by atoms with van der Waals surface area (Å²) in [6.45, 7) is 2.15. The number of Topliss-reactive ketones (excluding diaryl/α,β-unsaturated/α-hetero) is 1. The molecule has 144 valence electrons. The quantitative estimate of drug-likeness (QED) is 0.761. The number of likely N-dealkylation sites (N-methyl/N-ethyl adjacent to an activating group) is 1. The number of aromatic nitrogens is 3. The van der Waals surface area contributed by atoms with Crippen LogP contribution in [0.1, 0.15) is 31.0 Å². The standard InChI is InChI=1S/C20H26N4O3/c1-13(12-25)9-14(26)11-24(2)20-16-5-4-6-17(16)22-19(23-20)18-10-15(27-3)7-8-21-18/h7-8,10,13,25H,4-6,9,11-12H2,1-3H3/t13-/m1/s1. The molecule has 0 amide bonds. The van der Waals surface area contributed by atoms with Gasteiger partial charge < -0.3 is 14.7 Å². The van der Waals surface area contributed by atoms with E-state index in [1.807, 2.05) is 24.9 Å². The van der Waals surface area contributed by atoms with Gasteiger partial charge in [0.1, 0.15) is 17.3 Å². The number of aliphatic hydroxyl groups excluding tert-OH is 1. The smallest absolute Gasteiger partial charge is 0.180 e. The summed E-state index contributed by atoms with van der Waals surface area (Å²) in [7, 11) is 3.49. The summed E-state index contributed by atoms with van der Waals surface area (Å²) in [5.74, 6) is 2.10. The van der Waals surface area contributed by atoms with Gasteiger partial charge in [0, 0.05) is 43.6 Å². The second-order valence-corrected chi connectivity index (χ2v) is 7.12. The van der Waals surface area contributed by atoms with E-state index < -0.39 is 0 Å². The number of nitrogens with zero attached hydrogens (tertiary/aromatic N) is 4. The predicted octanol–water partition coefficient (Wildman–Crippen LogP) is 2.06. The van der Waals surface area contributed by atoms with Crippen LogP contribution in [0, 0.1) is 5.92 Å². The predicted molar refractivity (Wildman–Crippen MR) is 103 cm³/mol. The van der Waals surface area contributed by atoms with Crippen LogP contribution < -0.4 is 9.64 Å². The van der Waals surface area contributed by atoms with Gasteiger partial charge in [0.15, 0.2) is 11.6 Å². The molecule has 1 atom stereocenters. The van der Waals surface area contributed by atoms with Gasteiger partial charge in [-0.25, -0.2) is 9.97 Å². The molecule has 0 aromatic carbocycles. The summed E-state index contributed by atoms with van der Waals surface area (Å²) in [5.41, 5.74) is 2.80. The Hall–Kier alpha value is -2.54. The molecule has 0 spiro atoms. The third-order valence-corrected chi connectivity index (χ3v) is 4.77. The van der Waals surface area contributed by atoms with E-state index in [-0.39, 0.29) is 24.9 Å². The van der Waals surface area contributed by atoms with Crippen molar-refractivity contribution in [3.8, 4) is 17.3 Å². The minimum absolute atomic E-state index is 0.0179. The number of aliphatic hydroxyl groups is 1. The molecule has 0 saturated carbocycles. The average Bonchev–Trinajstić information content (AvgIpc) is 3.15. The maximum atomic E-state index is 12.3. The molecule has 7 nitrogen and oxygen atoms in total. The number of carbonyl (C=O) groups excluding carboxylic acids is 1. The lowest BCUT2D eigenvalue weighted by atomic mass is 10.1. The van der Waals surface area contributed by atoms with E-state index >= 15 is 0 Å². The summed E-state index contributed by atoms with van der Waals surface area (Å²) in [4.78, 5) is 28.0. The van der Waals surface area contributed by atoms with Crippen LogP contribution in [0.2, 0.25) is 0 Å². The topological polar surface area (TPSA) is 88.4 Å². The molecular weight excluding hydrogens is 344 g/mol. The lowest BCUT2D eigenvalue weighted by molar-refractivity contribution is -0.118. The largest absolute Gasteiger partial charge is 0.497 e. The van der Waals surface area contributed by atoms with Crippen LogP contribution in [-0.2, 0) is 17.6 Å². The highest BCUT2D eigenvalue weighted by Crippen LogP contribution is 2.31. The third-order valence-electron chi connectivity index (χ3n) is 4.77. The molecule has 7 heteroatoms. The van der Waals surface area contributed by atoms with Gasteiger partial charge >= 0.3 is 0 Å². The zero-order valence-electron chi connectivity index (χ0n) is 16.1. The van der Waals surface area contributed by atoms with Crippen molar-refractivity contribution in [2.24, 2.45) is 5.92 Å². The van der Waals surface area contributed by atoms with E-state index in [9.17, 15) is 4.79 Å². The number of hydrogen-bond donors (Lipinski definition) is 1. The highest BCUT2D eigenvalue weighted by atomic mass is 16.5. The normalized spacial score (nSPS) is 13.9. The molecule has 0 radical (unpaired) electrons. The Morgan fingerprint density at radius 1 is 1.37 bits per heavy atom. The molecule has 0 unspecified atom stereocenters. The molecule has 1 aliphatic rings. The summed E-state index contributed by atoms with van der Waals surface area (Å²) in [6.07, 6.45) is 4.90. The van der Waals surface area contributed by atoms with Crippen LogP contribution in [0.25, 0.3) is 11.5 Å². The number of rotatable bonds is 8. The Balaban J connectivity index is 1.90. The second-order valence-electron chi connectivity index (χ2n) is 7.12. The van der Waals surface area contributed by atoms with Gasteiger partial charge in [0.2, 0.25) is 0 Å². The van der Waals surface area contributed by atoms with Crippen molar-refractivity contribution >= 4 is 11.6 Å². The van der Waals surface area contributed by atoms with E-state index in [1.54, 1.807) is 19.4 Å². The van der Waals surface area contributed by atoms with E-state index in [0.717, 1.165) is 36.3 Å². The summed E-state index contributed by atoms with van der Waals surface area (Å²) >= 11 is 0. The van der Waals surface area contributed by atoms with Gasteiger partial charge in [0.05, 0.1) is 13.7 Å². The van der Waals surface area contributed by atoms with Gasteiger partial charge in [-0.05, 0) is 31.2 Å². The Kier molecular flexibility index (Phi) is 6.01. The van der Waals surface area contributed by atoms with Gasteiger partial charge in [-0.15, -0.1) is 0 Å². The summed E-state index contributed by atoms with van der Waals surface area (Å²) < 4.78 is 5.28. The van der Waals surface area contributed by atoms with Crippen molar-refractivity contribution in [1.29, 1.82) is 0 Å². The Morgan fingerprint density at radius 2 is 2.19 bits per heavy atom. The minimum Gasteiger partial charge on any atom is -0.497 e. The first-order valence-corrected chi connectivity index (χ1v) is 9.25. The van der Waals surface area contributed by atoms with Crippen molar-refractivity contribution in [2.75, 3.05) is 32.2 Å². The van der Waals surface area contributed by atoms with Crippen LogP contribution in [0.5, 0.6) is 5.75 Å². The molecule has 3 rings (SSSR count). The van der Waals surface area contributed by atoms with Crippen molar-refractivity contribution in [3.05, 3.63) is 29.6 Å². The van der Waals surface area contributed by atoms with Crippen molar-refractivity contribution in [1.82, 2.24) is 15.0 Å². The number of aryl methyl sites for hydroxylation is 1. The summed E-state index contributed by atoms with van der Waals surface area (Å²) in [6, 6.07) is 3.60. The fraction of sp³-hybridized carbons (Fsp3) is 0.500. The lowest BCUT2D eigenvalue weighted by Crippen LogP contribution is -2.29. The first-order chi connectivity index (χ1) is 13.0. The SMILES string of the molecule is COc1ccnc(-c2nc3c(c(N(C)CC(=O)C[C@@H](C)CO)n2)CCC3)c1. The average molecular weight is 370 g/mol. The van der Waals surface area contributed by atoms with Gasteiger partial charge in [-0.2, -0.15) is 0 Å². The molecule has 2 heterocycles. The zero-order valence-corrected chi connectivity index (χ0v) is 16.1. The highest BCUT2D eigenvalue weighted by molar-refractivity contribution is 5.83. The maximum absolute atomic E-state index is 12.3. The van der Waals surface area contributed by atoms with Crippen LogP contribution in [0.3, 0.4) is 0 Å². The molecule has 1 N–H and O–H groups in total. The molecule has 0 fully saturated rings. The Labute approximate surface area is 159 Å². The number of fused-ring (bicyclic) bond motifs is 1. The highest BCUT2D eigenvalue weighted by Gasteiger charge is 2.23. The fourth-order valence-electron chi connectivity index (χ4n) is 3.36. The van der Waals surface area contributed by atoms with Crippen LogP contribution in [-0.4, -0.2) is 53.2 Å². The van der Waals surface area contributed by atoms with E-state index in [0.29, 0.717) is 23.7 Å². The maximum Gasteiger partial charge on any atom is 0.180 e. The zero-order chi connectivity index (χ0) is 19.4.